The molecule has 0 bridgehead atoms. The molecule has 220 valence electrons. The second kappa shape index (κ2) is 12.8. The first kappa shape index (κ1) is 30.2. The summed E-state index contributed by atoms with van der Waals surface area (Å²) in [5.74, 6) is -0.601. The molecule has 10 heteroatoms. The van der Waals surface area contributed by atoms with Crippen LogP contribution in [0.15, 0.2) is 76.1 Å². The summed E-state index contributed by atoms with van der Waals surface area (Å²) in [6.45, 7) is 7.76. The van der Waals surface area contributed by atoms with Gasteiger partial charge in [0.1, 0.15) is 5.60 Å². The van der Waals surface area contributed by atoms with Gasteiger partial charge in [0, 0.05) is 51.2 Å². The molecule has 2 heterocycles. The van der Waals surface area contributed by atoms with E-state index in [2.05, 4.69) is 15.3 Å². The third-order valence-corrected chi connectivity index (χ3v) is 6.77. The van der Waals surface area contributed by atoms with Crippen molar-refractivity contribution in [2.75, 3.05) is 37.4 Å². The SMILES string of the molecule is Cc1c(NC(=O)OC(C)(C)C)ccc2nc(N(C)CC(C(=O)N(C)CCc3ccccn3)c3ccccc3)oc(=O)c12. The van der Waals surface area contributed by atoms with Gasteiger partial charge in [0.15, 0.2) is 0 Å². The van der Waals surface area contributed by atoms with Gasteiger partial charge in [-0.1, -0.05) is 36.4 Å². The molecule has 1 N–H and O–H groups in total. The Hall–Kier alpha value is -4.73. The molecule has 0 saturated heterocycles. The van der Waals surface area contributed by atoms with E-state index in [1.165, 1.54) is 0 Å². The number of hydrogen-bond donors (Lipinski definition) is 1. The van der Waals surface area contributed by atoms with Gasteiger partial charge in [0.25, 0.3) is 0 Å². The number of carbonyl (C=O) groups excluding carboxylic acids is 2. The molecule has 4 rings (SSSR count). The number of nitrogens with zero attached hydrogens (tertiary/aromatic N) is 4. The van der Waals surface area contributed by atoms with Crippen molar-refractivity contribution in [2.24, 2.45) is 0 Å². The Morgan fingerprint density at radius 3 is 2.40 bits per heavy atom. The van der Waals surface area contributed by atoms with Crippen molar-refractivity contribution in [1.82, 2.24) is 14.9 Å². The standard InChI is InChI=1S/C32H37N5O5/c1-21-25(35-31(40)42-32(2,3)4)15-16-26-27(21)29(39)41-30(34-26)37(6)20-24(22-12-8-7-9-13-22)28(38)36(5)19-17-23-14-10-11-18-33-23/h7-16,18,24H,17,19-20H2,1-6H3,(H,35,40). The summed E-state index contributed by atoms with van der Waals surface area (Å²) < 4.78 is 11.0. The Balaban J connectivity index is 1.56. The molecule has 42 heavy (non-hydrogen) atoms. The third-order valence-electron chi connectivity index (χ3n) is 6.77. The van der Waals surface area contributed by atoms with Crippen LogP contribution in [0.3, 0.4) is 0 Å². The Morgan fingerprint density at radius 2 is 1.74 bits per heavy atom. The van der Waals surface area contributed by atoms with E-state index in [0.29, 0.717) is 29.7 Å². The van der Waals surface area contributed by atoms with Crippen molar-refractivity contribution in [1.29, 1.82) is 0 Å². The summed E-state index contributed by atoms with van der Waals surface area (Å²) in [7, 11) is 3.51. The molecule has 0 aliphatic rings. The quantitative estimate of drug-likeness (QED) is 0.293. The number of pyridine rings is 1. The van der Waals surface area contributed by atoms with Gasteiger partial charge < -0.3 is 19.0 Å². The number of hydrogen-bond acceptors (Lipinski definition) is 8. The van der Waals surface area contributed by atoms with Crippen molar-refractivity contribution in [3.63, 3.8) is 0 Å². The summed E-state index contributed by atoms with van der Waals surface area (Å²) in [4.78, 5) is 51.4. The van der Waals surface area contributed by atoms with Crippen LogP contribution in [0.2, 0.25) is 0 Å². The van der Waals surface area contributed by atoms with Gasteiger partial charge in [-0.3, -0.25) is 15.1 Å². The average molecular weight is 572 g/mol. The number of nitrogens with one attached hydrogen (secondary N) is 1. The number of anilines is 2. The van der Waals surface area contributed by atoms with Crippen LogP contribution in [0.5, 0.6) is 0 Å². The molecule has 0 aliphatic heterocycles. The van der Waals surface area contributed by atoms with Crippen LogP contribution in [0, 0.1) is 6.92 Å². The van der Waals surface area contributed by atoms with Crippen molar-refractivity contribution in [2.45, 2.75) is 45.6 Å². The molecule has 0 spiro atoms. The number of rotatable bonds is 9. The van der Waals surface area contributed by atoms with E-state index < -0.39 is 23.2 Å². The largest absolute Gasteiger partial charge is 0.444 e. The molecule has 1 unspecified atom stereocenters. The Morgan fingerprint density at radius 1 is 1.02 bits per heavy atom. The molecule has 2 amide bonds. The van der Waals surface area contributed by atoms with E-state index in [1.807, 2.05) is 48.5 Å². The molecule has 2 aromatic heterocycles. The Kier molecular flexibility index (Phi) is 9.25. The van der Waals surface area contributed by atoms with Crippen LogP contribution in [-0.2, 0) is 16.0 Å². The van der Waals surface area contributed by atoms with Crippen LogP contribution in [0.1, 0.15) is 43.5 Å². The molecule has 0 radical (unpaired) electrons. The lowest BCUT2D eigenvalue weighted by molar-refractivity contribution is -0.131. The minimum Gasteiger partial charge on any atom is -0.444 e. The van der Waals surface area contributed by atoms with E-state index in [4.69, 9.17) is 9.15 Å². The number of amides is 2. The molecule has 10 nitrogen and oxygen atoms in total. The molecular formula is C32H37N5O5. The van der Waals surface area contributed by atoms with E-state index in [1.54, 1.807) is 69.9 Å². The highest BCUT2D eigenvalue weighted by molar-refractivity contribution is 5.93. The van der Waals surface area contributed by atoms with Gasteiger partial charge in [0.2, 0.25) is 5.91 Å². The molecule has 2 aromatic carbocycles. The predicted molar refractivity (Wildman–Crippen MR) is 163 cm³/mol. The number of aryl methyl sites for hydroxylation is 1. The first-order chi connectivity index (χ1) is 19.9. The average Bonchev–Trinajstić information content (AvgIpc) is 2.95. The van der Waals surface area contributed by atoms with Crippen molar-refractivity contribution in [3.05, 3.63) is 94.1 Å². The first-order valence-electron chi connectivity index (χ1n) is 13.8. The van der Waals surface area contributed by atoms with E-state index in [9.17, 15) is 14.4 Å². The molecule has 4 aromatic rings. The van der Waals surface area contributed by atoms with E-state index in [0.717, 1.165) is 11.3 Å². The maximum Gasteiger partial charge on any atom is 0.412 e. The molecule has 1 atom stereocenters. The summed E-state index contributed by atoms with van der Waals surface area (Å²) in [5.41, 5.74) is 1.85. The normalized spacial score (nSPS) is 12.0. The van der Waals surface area contributed by atoms with Crippen LogP contribution in [0.4, 0.5) is 16.5 Å². The highest BCUT2D eigenvalue weighted by Gasteiger charge is 2.27. The van der Waals surface area contributed by atoms with Crippen molar-refractivity contribution in [3.8, 4) is 0 Å². The van der Waals surface area contributed by atoms with Crippen LogP contribution in [0.25, 0.3) is 10.9 Å². The second-order valence-electron chi connectivity index (χ2n) is 11.2. The van der Waals surface area contributed by atoms with Crippen LogP contribution in [-0.4, -0.2) is 59.7 Å². The summed E-state index contributed by atoms with van der Waals surface area (Å²) >= 11 is 0. The van der Waals surface area contributed by atoms with E-state index in [-0.39, 0.29) is 23.9 Å². The fourth-order valence-corrected chi connectivity index (χ4v) is 4.59. The number of benzene rings is 2. The van der Waals surface area contributed by atoms with Gasteiger partial charge in [-0.2, -0.15) is 4.98 Å². The van der Waals surface area contributed by atoms with Gasteiger partial charge in [-0.15, -0.1) is 0 Å². The molecule has 0 fully saturated rings. The molecular weight excluding hydrogens is 534 g/mol. The maximum atomic E-state index is 13.7. The highest BCUT2D eigenvalue weighted by atomic mass is 16.6. The number of likely N-dealkylation sites (N-methyl/N-ethyl adjacent to an activating group) is 2. The fraction of sp³-hybridized carbons (Fsp3) is 0.344. The third kappa shape index (κ3) is 7.51. The number of aromatic nitrogens is 2. The van der Waals surface area contributed by atoms with Gasteiger partial charge in [-0.05, 0) is 63.1 Å². The van der Waals surface area contributed by atoms with Gasteiger partial charge in [-0.25, -0.2) is 9.59 Å². The lowest BCUT2D eigenvalue weighted by Crippen LogP contribution is -2.39. The van der Waals surface area contributed by atoms with E-state index >= 15 is 0 Å². The zero-order valence-electron chi connectivity index (χ0n) is 24.9. The highest BCUT2D eigenvalue weighted by Crippen LogP contribution is 2.26. The smallest absolute Gasteiger partial charge is 0.412 e. The monoisotopic (exact) mass is 571 g/mol. The number of ether oxygens (including phenoxy) is 1. The minimum absolute atomic E-state index is 0.0687. The first-order valence-corrected chi connectivity index (χ1v) is 13.8. The second-order valence-corrected chi connectivity index (χ2v) is 11.2. The van der Waals surface area contributed by atoms with Crippen LogP contribution >= 0.6 is 0 Å². The topological polar surface area (TPSA) is 118 Å². The fourth-order valence-electron chi connectivity index (χ4n) is 4.59. The summed E-state index contributed by atoms with van der Waals surface area (Å²) in [6.07, 6.45) is 1.75. The lowest BCUT2D eigenvalue weighted by atomic mass is 9.97. The molecule has 0 aliphatic carbocycles. The number of carbonyl (C=O) groups is 2. The van der Waals surface area contributed by atoms with Crippen LogP contribution < -0.4 is 15.8 Å². The zero-order chi connectivity index (χ0) is 30.4. The van der Waals surface area contributed by atoms with Gasteiger partial charge >= 0.3 is 17.7 Å². The number of fused-ring (bicyclic) bond motifs is 1. The minimum atomic E-state index is -0.665. The van der Waals surface area contributed by atoms with Crippen molar-refractivity contribution < 1.29 is 18.7 Å². The summed E-state index contributed by atoms with van der Waals surface area (Å²) in [5, 5.41) is 2.94. The Labute approximate surface area is 245 Å². The lowest BCUT2D eigenvalue weighted by Gasteiger charge is -2.27. The predicted octanol–water partition coefficient (Wildman–Crippen LogP) is 5.16. The van der Waals surface area contributed by atoms with Gasteiger partial charge in [0.05, 0.1) is 16.8 Å². The maximum absolute atomic E-state index is 13.7. The summed E-state index contributed by atoms with van der Waals surface area (Å²) in [6, 6.07) is 18.6. The Bertz CT molecular complexity index is 1600. The molecule has 0 saturated carbocycles. The zero-order valence-corrected chi connectivity index (χ0v) is 24.9. The van der Waals surface area contributed by atoms with Crippen molar-refractivity contribution >= 4 is 34.6 Å².